The summed E-state index contributed by atoms with van der Waals surface area (Å²) in [6.45, 7) is 3.42. The van der Waals surface area contributed by atoms with Crippen LogP contribution in [0, 0.1) is 18.7 Å². The Morgan fingerprint density at radius 1 is 1.19 bits per heavy atom. The second-order valence-electron chi connectivity index (χ2n) is 6.88. The molecule has 140 valence electrons. The van der Waals surface area contributed by atoms with Crippen LogP contribution in [0.15, 0.2) is 48.5 Å². The Morgan fingerprint density at radius 2 is 1.96 bits per heavy atom. The zero-order valence-corrected chi connectivity index (χ0v) is 15.7. The molecule has 0 N–H and O–H groups in total. The molecule has 1 aliphatic rings. The van der Waals surface area contributed by atoms with Gasteiger partial charge in [-0.1, -0.05) is 29.8 Å². The van der Waals surface area contributed by atoms with Gasteiger partial charge in [0, 0.05) is 19.0 Å². The molecule has 1 saturated heterocycles. The Kier molecular flexibility index (Phi) is 5.94. The molecule has 6 heteroatoms. The lowest BCUT2D eigenvalue weighted by Gasteiger charge is -2.31. The van der Waals surface area contributed by atoms with Crippen LogP contribution < -0.4 is 4.74 Å². The normalized spacial score (nSPS) is 18.6. The smallest absolute Gasteiger partial charge is 0.218 e. The number of rotatable bonds is 6. The van der Waals surface area contributed by atoms with Crippen molar-refractivity contribution in [1.82, 2.24) is 4.31 Å². The minimum atomic E-state index is -3.35. The average molecular weight is 377 g/mol. The fourth-order valence-electron chi connectivity index (χ4n) is 3.26. The molecule has 1 atom stereocenters. The van der Waals surface area contributed by atoms with Gasteiger partial charge in [-0.15, -0.1) is 0 Å². The second kappa shape index (κ2) is 8.18. The van der Waals surface area contributed by atoms with E-state index in [1.54, 1.807) is 16.4 Å². The van der Waals surface area contributed by atoms with Gasteiger partial charge in [-0.2, -0.15) is 0 Å². The molecule has 0 aromatic heterocycles. The van der Waals surface area contributed by atoms with Crippen molar-refractivity contribution in [3.05, 3.63) is 65.5 Å². The van der Waals surface area contributed by atoms with Crippen LogP contribution in [-0.4, -0.2) is 32.4 Å². The Morgan fingerprint density at radius 3 is 2.69 bits per heavy atom. The molecule has 1 unspecified atom stereocenters. The van der Waals surface area contributed by atoms with Gasteiger partial charge in [0.1, 0.15) is 11.6 Å². The van der Waals surface area contributed by atoms with E-state index in [-0.39, 0.29) is 17.5 Å². The third kappa shape index (κ3) is 5.05. The van der Waals surface area contributed by atoms with Crippen LogP contribution in [0.25, 0.3) is 0 Å². The van der Waals surface area contributed by atoms with E-state index in [1.165, 1.54) is 12.1 Å². The molecular formula is C20H24FNO3S. The number of hydrogen-bond donors (Lipinski definition) is 0. The molecular weight excluding hydrogens is 353 g/mol. The topological polar surface area (TPSA) is 46.6 Å². The van der Waals surface area contributed by atoms with Gasteiger partial charge in [0.25, 0.3) is 0 Å². The highest BCUT2D eigenvalue weighted by Gasteiger charge is 2.29. The quantitative estimate of drug-likeness (QED) is 0.770. The predicted molar refractivity (Wildman–Crippen MR) is 100.0 cm³/mol. The highest BCUT2D eigenvalue weighted by Crippen LogP contribution is 2.23. The van der Waals surface area contributed by atoms with Gasteiger partial charge in [0.15, 0.2) is 0 Å². The van der Waals surface area contributed by atoms with Crippen molar-refractivity contribution >= 4 is 10.0 Å². The molecule has 0 radical (unpaired) electrons. The van der Waals surface area contributed by atoms with Crippen molar-refractivity contribution in [3.63, 3.8) is 0 Å². The van der Waals surface area contributed by atoms with Gasteiger partial charge < -0.3 is 4.74 Å². The second-order valence-corrected chi connectivity index (χ2v) is 8.85. The molecule has 0 spiro atoms. The van der Waals surface area contributed by atoms with E-state index >= 15 is 0 Å². The molecule has 0 aliphatic carbocycles. The minimum Gasteiger partial charge on any atom is -0.493 e. The van der Waals surface area contributed by atoms with Crippen molar-refractivity contribution in [2.75, 3.05) is 19.7 Å². The lowest BCUT2D eigenvalue weighted by molar-refractivity contribution is 0.180. The lowest BCUT2D eigenvalue weighted by atomic mass is 10.0. The van der Waals surface area contributed by atoms with Gasteiger partial charge in [-0.25, -0.2) is 17.1 Å². The summed E-state index contributed by atoms with van der Waals surface area (Å²) in [5, 5.41) is 0. The number of halogens is 1. The lowest BCUT2D eigenvalue weighted by Crippen LogP contribution is -2.42. The first-order valence-electron chi connectivity index (χ1n) is 8.84. The molecule has 0 bridgehead atoms. The minimum absolute atomic E-state index is 0.0280. The predicted octanol–water partition coefficient (Wildman–Crippen LogP) is 3.75. The molecule has 26 heavy (non-hydrogen) atoms. The number of ether oxygens (including phenoxy) is 1. The molecule has 1 fully saturated rings. The first-order chi connectivity index (χ1) is 12.4. The van der Waals surface area contributed by atoms with E-state index in [1.807, 2.05) is 31.2 Å². The van der Waals surface area contributed by atoms with E-state index < -0.39 is 10.0 Å². The Bertz CT molecular complexity index is 836. The van der Waals surface area contributed by atoms with Crippen molar-refractivity contribution in [2.45, 2.75) is 25.5 Å². The number of hydrogen-bond acceptors (Lipinski definition) is 3. The Labute approximate surface area is 154 Å². The third-order valence-corrected chi connectivity index (χ3v) is 6.42. The van der Waals surface area contributed by atoms with Gasteiger partial charge >= 0.3 is 0 Å². The fraction of sp³-hybridized carbons (Fsp3) is 0.400. The van der Waals surface area contributed by atoms with E-state index in [0.29, 0.717) is 25.4 Å². The maximum Gasteiger partial charge on any atom is 0.218 e. The van der Waals surface area contributed by atoms with Crippen LogP contribution in [0.3, 0.4) is 0 Å². The molecule has 2 aromatic rings. The van der Waals surface area contributed by atoms with E-state index in [0.717, 1.165) is 24.0 Å². The number of nitrogens with zero attached hydrogens (tertiary/aromatic N) is 1. The van der Waals surface area contributed by atoms with Gasteiger partial charge in [-0.3, -0.25) is 0 Å². The van der Waals surface area contributed by atoms with Crippen molar-refractivity contribution in [1.29, 1.82) is 0 Å². The van der Waals surface area contributed by atoms with Crippen LogP contribution in [0.4, 0.5) is 4.39 Å². The van der Waals surface area contributed by atoms with Crippen molar-refractivity contribution in [3.8, 4) is 5.75 Å². The zero-order valence-electron chi connectivity index (χ0n) is 14.9. The largest absolute Gasteiger partial charge is 0.493 e. The first-order valence-corrected chi connectivity index (χ1v) is 10.4. The molecule has 2 aromatic carbocycles. The van der Waals surface area contributed by atoms with E-state index in [9.17, 15) is 12.8 Å². The van der Waals surface area contributed by atoms with Gasteiger partial charge in [0.05, 0.1) is 12.4 Å². The number of piperidine rings is 1. The van der Waals surface area contributed by atoms with Crippen LogP contribution in [0.1, 0.15) is 24.0 Å². The summed E-state index contributed by atoms with van der Waals surface area (Å²) in [7, 11) is -3.35. The van der Waals surface area contributed by atoms with E-state index in [2.05, 4.69) is 0 Å². The van der Waals surface area contributed by atoms with Crippen LogP contribution in [0.5, 0.6) is 5.75 Å². The Hall–Kier alpha value is -1.92. The molecule has 1 aliphatic heterocycles. The summed E-state index contributed by atoms with van der Waals surface area (Å²) in [5.41, 5.74) is 1.87. The highest BCUT2D eigenvalue weighted by atomic mass is 32.2. The summed E-state index contributed by atoms with van der Waals surface area (Å²) in [6.07, 6.45) is 1.75. The summed E-state index contributed by atoms with van der Waals surface area (Å²) in [6, 6.07) is 13.5. The van der Waals surface area contributed by atoms with Crippen LogP contribution in [0.2, 0.25) is 0 Å². The van der Waals surface area contributed by atoms with E-state index in [4.69, 9.17) is 4.74 Å². The molecule has 0 amide bonds. The van der Waals surface area contributed by atoms with Gasteiger partial charge in [0.2, 0.25) is 10.0 Å². The molecule has 0 saturated carbocycles. The summed E-state index contributed by atoms with van der Waals surface area (Å²) in [4.78, 5) is 0. The number of sulfonamides is 1. The third-order valence-electron chi connectivity index (χ3n) is 4.61. The zero-order chi connectivity index (χ0) is 18.6. The standard InChI is InChI=1S/C20H24FNO3S/c1-16-4-2-5-17(12-16)15-26(23,24)22-11-3-6-18(13-22)14-25-20-9-7-19(21)8-10-20/h2,4-5,7-10,12,18H,3,6,11,13-15H2,1H3. The SMILES string of the molecule is Cc1cccc(CS(=O)(=O)N2CCCC(COc3ccc(F)cc3)C2)c1. The molecule has 1 heterocycles. The summed E-state index contributed by atoms with van der Waals surface area (Å²) < 4.78 is 45.8. The monoisotopic (exact) mass is 377 g/mol. The fourth-order valence-corrected chi connectivity index (χ4v) is 4.89. The Balaban J connectivity index is 1.59. The highest BCUT2D eigenvalue weighted by molar-refractivity contribution is 7.88. The maximum atomic E-state index is 12.9. The maximum absolute atomic E-state index is 12.9. The van der Waals surface area contributed by atoms with Crippen LogP contribution >= 0.6 is 0 Å². The summed E-state index contributed by atoms with van der Waals surface area (Å²) in [5.74, 6) is 0.468. The first kappa shape index (κ1) is 18.9. The molecule has 4 nitrogen and oxygen atoms in total. The molecule has 3 rings (SSSR count). The number of aryl methyl sites for hydroxylation is 1. The van der Waals surface area contributed by atoms with Crippen molar-refractivity contribution < 1.29 is 17.5 Å². The van der Waals surface area contributed by atoms with Crippen molar-refractivity contribution in [2.24, 2.45) is 5.92 Å². The number of benzene rings is 2. The average Bonchev–Trinajstić information content (AvgIpc) is 2.61. The van der Waals surface area contributed by atoms with Gasteiger partial charge in [-0.05, 0) is 49.6 Å². The summed E-state index contributed by atoms with van der Waals surface area (Å²) >= 11 is 0. The van der Waals surface area contributed by atoms with Crippen LogP contribution in [-0.2, 0) is 15.8 Å².